The fourth-order valence-electron chi connectivity index (χ4n) is 3.23. The van der Waals surface area contributed by atoms with Gasteiger partial charge in [-0.25, -0.2) is 0 Å². The summed E-state index contributed by atoms with van der Waals surface area (Å²) in [6.45, 7) is 10.2. The molecule has 1 aromatic rings. The summed E-state index contributed by atoms with van der Waals surface area (Å²) in [5.74, 6) is 0.751. The van der Waals surface area contributed by atoms with Gasteiger partial charge in [0.1, 0.15) is 0 Å². The molecule has 0 saturated carbocycles. The predicted molar refractivity (Wildman–Crippen MR) is 83.6 cm³/mol. The van der Waals surface area contributed by atoms with E-state index in [4.69, 9.17) is 0 Å². The average molecular weight is 278 g/mol. The molecule has 1 aromatic heterocycles. The number of aryl methyl sites for hydroxylation is 1. The van der Waals surface area contributed by atoms with Gasteiger partial charge in [0.25, 0.3) is 0 Å². The lowest BCUT2D eigenvalue weighted by atomic mass is 9.97. The highest BCUT2D eigenvalue weighted by molar-refractivity contribution is 5.04. The summed E-state index contributed by atoms with van der Waals surface area (Å²) in [7, 11) is 1.99. The van der Waals surface area contributed by atoms with E-state index in [2.05, 4.69) is 42.3 Å². The van der Waals surface area contributed by atoms with E-state index in [1.54, 1.807) is 0 Å². The van der Waals surface area contributed by atoms with Crippen molar-refractivity contribution in [1.82, 2.24) is 20.0 Å². The molecule has 2 rings (SSSR count). The number of hydrogen-bond acceptors (Lipinski definition) is 3. The zero-order valence-corrected chi connectivity index (χ0v) is 13.5. The van der Waals surface area contributed by atoms with Crippen LogP contribution in [0.25, 0.3) is 0 Å². The largest absolute Gasteiger partial charge is 0.311 e. The maximum atomic E-state index is 4.30. The summed E-state index contributed by atoms with van der Waals surface area (Å²) in [6.07, 6.45) is 7.95. The van der Waals surface area contributed by atoms with Crippen LogP contribution in [0.1, 0.15) is 45.6 Å². The Balaban J connectivity index is 2.00. The highest BCUT2D eigenvalue weighted by Crippen LogP contribution is 2.19. The number of nitrogens with one attached hydrogen (secondary N) is 1. The number of aromatic nitrogens is 2. The van der Waals surface area contributed by atoms with Gasteiger partial charge in [-0.1, -0.05) is 27.2 Å². The molecule has 2 heterocycles. The number of hydrogen-bond donors (Lipinski definition) is 1. The maximum Gasteiger partial charge on any atom is 0.0534 e. The molecular weight excluding hydrogens is 248 g/mol. The molecule has 2 atom stereocenters. The van der Waals surface area contributed by atoms with Crippen LogP contribution >= 0.6 is 0 Å². The van der Waals surface area contributed by atoms with Crippen molar-refractivity contribution in [3.8, 4) is 0 Å². The smallest absolute Gasteiger partial charge is 0.0534 e. The summed E-state index contributed by atoms with van der Waals surface area (Å²) < 4.78 is 1.90. The third-order valence-corrected chi connectivity index (χ3v) is 4.14. The highest BCUT2D eigenvalue weighted by atomic mass is 15.3. The molecular formula is C16H30N4. The van der Waals surface area contributed by atoms with Crippen molar-refractivity contribution in [2.45, 2.75) is 58.7 Å². The average Bonchev–Trinajstić information content (AvgIpc) is 2.78. The summed E-state index contributed by atoms with van der Waals surface area (Å²) in [4.78, 5) is 2.66. The van der Waals surface area contributed by atoms with Crippen molar-refractivity contribution in [3.05, 3.63) is 18.0 Å². The van der Waals surface area contributed by atoms with E-state index in [0.717, 1.165) is 19.0 Å². The first kappa shape index (κ1) is 15.5. The summed E-state index contributed by atoms with van der Waals surface area (Å²) in [5.41, 5.74) is 1.33. The van der Waals surface area contributed by atoms with Crippen LogP contribution in [0.3, 0.4) is 0 Å². The first-order valence-electron chi connectivity index (χ1n) is 8.03. The van der Waals surface area contributed by atoms with E-state index >= 15 is 0 Å². The van der Waals surface area contributed by atoms with Crippen LogP contribution in [-0.2, 0) is 13.6 Å². The Morgan fingerprint density at radius 3 is 2.85 bits per heavy atom. The van der Waals surface area contributed by atoms with E-state index in [0.29, 0.717) is 12.1 Å². The lowest BCUT2D eigenvalue weighted by Gasteiger charge is -2.41. The molecule has 0 bridgehead atoms. The van der Waals surface area contributed by atoms with Gasteiger partial charge in [0, 0.05) is 50.5 Å². The van der Waals surface area contributed by atoms with Gasteiger partial charge in [-0.15, -0.1) is 0 Å². The van der Waals surface area contributed by atoms with Gasteiger partial charge in [-0.2, -0.15) is 5.10 Å². The Morgan fingerprint density at radius 1 is 1.45 bits per heavy atom. The lowest BCUT2D eigenvalue weighted by molar-refractivity contribution is 0.103. The molecule has 20 heavy (non-hydrogen) atoms. The minimum atomic E-state index is 0.653. The van der Waals surface area contributed by atoms with Crippen LogP contribution in [0.2, 0.25) is 0 Å². The van der Waals surface area contributed by atoms with Crippen molar-refractivity contribution in [3.63, 3.8) is 0 Å². The van der Waals surface area contributed by atoms with Crippen LogP contribution in [-0.4, -0.2) is 39.9 Å². The third kappa shape index (κ3) is 4.32. The molecule has 4 heteroatoms. The molecule has 1 aliphatic heterocycles. The normalized spacial score (nSPS) is 24.4. The maximum absolute atomic E-state index is 4.30. The molecule has 0 radical (unpaired) electrons. The minimum Gasteiger partial charge on any atom is -0.311 e. The molecule has 1 fully saturated rings. The molecule has 2 unspecified atom stereocenters. The van der Waals surface area contributed by atoms with Gasteiger partial charge in [0.15, 0.2) is 0 Å². The van der Waals surface area contributed by atoms with Crippen LogP contribution in [0.5, 0.6) is 0 Å². The van der Waals surface area contributed by atoms with Gasteiger partial charge in [-0.05, 0) is 18.8 Å². The predicted octanol–water partition coefficient (Wildman–Crippen LogP) is 2.41. The van der Waals surface area contributed by atoms with Crippen LogP contribution < -0.4 is 5.32 Å². The van der Waals surface area contributed by atoms with E-state index in [-0.39, 0.29) is 0 Å². The first-order valence-corrected chi connectivity index (χ1v) is 8.03. The number of piperazine rings is 1. The summed E-state index contributed by atoms with van der Waals surface area (Å²) in [5, 5.41) is 8.03. The second-order valence-electron chi connectivity index (χ2n) is 6.63. The van der Waals surface area contributed by atoms with E-state index in [1.165, 1.54) is 31.4 Å². The molecule has 0 aliphatic carbocycles. The van der Waals surface area contributed by atoms with Gasteiger partial charge in [-0.3, -0.25) is 9.58 Å². The molecule has 0 spiro atoms. The molecule has 0 amide bonds. The van der Waals surface area contributed by atoms with Gasteiger partial charge >= 0.3 is 0 Å². The van der Waals surface area contributed by atoms with Crippen LogP contribution in [0.4, 0.5) is 0 Å². The summed E-state index contributed by atoms with van der Waals surface area (Å²) >= 11 is 0. The Morgan fingerprint density at radius 2 is 2.25 bits per heavy atom. The van der Waals surface area contributed by atoms with Crippen molar-refractivity contribution in [2.75, 3.05) is 13.1 Å². The van der Waals surface area contributed by atoms with Gasteiger partial charge in [0.05, 0.1) is 6.20 Å². The Kier molecular flexibility index (Phi) is 5.61. The molecule has 1 N–H and O–H groups in total. The monoisotopic (exact) mass is 278 g/mol. The Labute approximate surface area is 123 Å². The zero-order chi connectivity index (χ0) is 14.5. The fourth-order valence-corrected chi connectivity index (χ4v) is 3.23. The fraction of sp³-hybridized carbons (Fsp3) is 0.812. The highest BCUT2D eigenvalue weighted by Gasteiger charge is 2.28. The van der Waals surface area contributed by atoms with Gasteiger partial charge in [0.2, 0.25) is 0 Å². The molecule has 1 aliphatic rings. The van der Waals surface area contributed by atoms with Crippen molar-refractivity contribution < 1.29 is 0 Å². The molecule has 4 nitrogen and oxygen atoms in total. The van der Waals surface area contributed by atoms with E-state index in [1.807, 2.05) is 17.9 Å². The number of nitrogens with zero attached hydrogens (tertiary/aromatic N) is 3. The SMILES string of the molecule is CCCC1CN(Cc2cnn(C)c2)C(CC(C)C)CN1. The minimum absolute atomic E-state index is 0.653. The first-order chi connectivity index (χ1) is 9.58. The van der Waals surface area contributed by atoms with Crippen molar-refractivity contribution in [1.29, 1.82) is 0 Å². The molecule has 114 valence electrons. The van der Waals surface area contributed by atoms with Crippen molar-refractivity contribution >= 4 is 0 Å². The van der Waals surface area contributed by atoms with Crippen molar-refractivity contribution in [2.24, 2.45) is 13.0 Å². The van der Waals surface area contributed by atoms with Crippen LogP contribution in [0.15, 0.2) is 12.4 Å². The number of rotatable bonds is 6. The van der Waals surface area contributed by atoms with Gasteiger partial charge < -0.3 is 5.32 Å². The third-order valence-electron chi connectivity index (χ3n) is 4.14. The molecule has 1 saturated heterocycles. The lowest BCUT2D eigenvalue weighted by Crippen LogP contribution is -2.56. The topological polar surface area (TPSA) is 33.1 Å². The zero-order valence-electron chi connectivity index (χ0n) is 13.5. The quantitative estimate of drug-likeness (QED) is 0.867. The Bertz CT molecular complexity index is 399. The van der Waals surface area contributed by atoms with Crippen LogP contribution in [0, 0.1) is 5.92 Å². The molecule has 0 aromatic carbocycles. The second-order valence-corrected chi connectivity index (χ2v) is 6.63. The Hall–Kier alpha value is -0.870. The van der Waals surface area contributed by atoms with E-state index < -0.39 is 0 Å². The second kappa shape index (κ2) is 7.23. The summed E-state index contributed by atoms with van der Waals surface area (Å²) in [6, 6.07) is 1.31. The standard InChI is InChI=1S/C16H30N4/c1-5-6-15-12-20(11-14-8-18-19(4)10-14)16(9-17-15)7-13(2)3/h8,10,13,15-17H,5-7,9,11-12H2,1-4H3. The van der Waals surface area contributed by atoms with E-state index in [9.17, 15) is 0 Å².